The summed E-state index contributed by atoms with van der Waals surface area (Å²) in [6.45, 7) is 4.73. The third-order valence-electron chi connectivity index (χ3n) is 4.78. The van der Waals surface area contributed by atoms with Crippen molar-refractivity contribution in [3.05, 3.63) is 36.0 Å². The van der Waals surface area contributed by atoms with Gasteiger partial charge in [0.2, 0.25) is 11.8 Å². The topological polar surface area (TPSA) is 158 Å². The molecule has 0 aliphatic rings. The molecule has 0 radical (unpaired) electrons. The summed E-state index contributed by atoms with van der Waals surface area (Å²) < 4.78 is 0. The number of hydrogen-bond donors (Lipinski definition) is 6. The number of nitrogens with one attached hydrogen (secondary N) is 3. The SMILES string of the molecule is CC(C)C(NC(=O)C(Cc1c[nH]c2ccccc12)NC(=O)C(N)C(C)O)C(=O)O. The summed E-state index contributed by atoms with van der Waals surface area (Å²) in [6, 6.07) is 4.12. The molecule has 29 heavy (non-hydrogen) atoms. The quantitative estimate of drug-likeness (QED) is 0.349. The number of aliphatic hydroxyl groups is 1. The lowest BCUT2D eigenvalue weighted by atomic mass is 10.0. The number of carbonyl (C=O) groups is 3. The summed E-state index contributed by atoms with van der Waals surface area (Å²) in [5.41, 5.74) is 7.33. The molecule has 4 unspecified atom stereocenters. The van der Waals surface area contributed by atoms with E-state index in [9.17, 15) is 24.6 Å². The van der Waals surface area contributed by atoms with Crippen molar-refractivity contribution < 1.29 is 24.6 Å². The van der Waals surface area contributed by atoms with Crippen LogP contribution in [0.4, 0.5) is 0 Å². The molecule has 158 valence electrons. The van der Waals surface area contributed by atoms with Crippen molar-refractivity contribution in [2.24, 2.45) is 11.7 Å². The van der Waals surface area contributed by atoms with Crippen molar-refractivity contribution in [2.75, 3.05) is 0 Å². The van der Waals surface area contributed by atoms with E-state index in [0.717, 1.165) is 16.5 Å². The Kier molecular flexibility index (Phi) is 7.35. The predicted octanol–water partition coefficient (Wildman–Crippen LogP) is 0.129. The molecule has 0 fully saturated rings. The van der Waals surface area contributed by atoms with Gasteiger partial charge in [0, 0.05) is 23.5 Å². The van der Waals surface area contributed by atoms with Gasteiger partial charge in [0.05, 0.1) is 6.10 Å². The zero-order valence-electron chi connectivity index (χ0n) is 16.7. The summed E-state index contributed by atoms with van der Waals surface area (Å²) in [5, 5.41) is 24.8. The van der Waals surface area contributed by atoms with E-state index in [0.29, 0.717) is 0 Å². The molecule has 1 aromatic carbocycles. The lowest BCUT2D eigenvalue weighted by molar-refractivity contribution is -0.143. The van der Waals surface area contributed by atoms with Gasteiger partial charge < -0.3 is 31.6 Å². The fourth-order valence-corrected chi connectivity index (χ4v) is 2.98. The summed E-state index contributed by atoms with van der Waals surface area (Å²) in [7, 11) is 0. The van der Waals surface area contributed by atoms with Crippen molar-refractivity contribution in [3.8, 4) is 0 Å². The Bertz CT molecular complexity index is 877. The second kappa shape index (κ2) is 9.53. The standard InChI is InChI=1S/C20H28N4O5/c1-10(2)17(20(28)29)24-18(26)15(23-19(27)16(21)11(3)25)8-12-9-22-14-7-5-4-6-13(12)14/h4-7,9-11,15-17,22,25H,8,21H2,1-3H3,(H,23,27)(H,24,26)(H,28,29). The van der Waals surface area contributed by atoms with Crippen molar-refractivity contribution in [1.82, 2.24) is 15.6 Å². The highest BCUT2D eigenvalue weighted by atomic mass is 16.4. The molecule has 0 bridgehead atoms. The number of para-hydroxylation sites is 1. The highest BCUT2D eigenvalue weighted by molar-refractivity contribution is 5.93. The molecule has 2 rings (SSSR count). The Morgan fingerprint density at radius 1 is 1.10 bits per heavy atom. The zero-order valence-corrected chi connectivity index (χ0v) is 16.7. The van der Waals surface area contributed by atoms with Crippen LogP contribution in [0.1, 0.15) is 26.3 Å². The van der Waals surface area contributed by atoms with Crippen LogP contribution < -0.4 is 16.4 Å². The molecule has 2 aromatic rings. The monoisotopic (exact) mass is 404 g/mol. The molecule has 0 saturated carbocycles. The number of hydrogen-bond acceptors (Lipinski definition) is 5. The van der Waals surface area contributed by atoms with Gasteiger partial charge in [-0.2, -0.15) is 0 Å². The number of nitrogens with two attached hydrogens (primary N) is 1. The smallest absolute Gasteiger partial charge is 0.326 e. The van der Waals surface area contributed by atoms with E-state index in [1.807, 2.05) is 24.3 Å². The van der Waals surface area contributed by atoms with Crippen LogP contribution in [0.15, 0.2) is 30.5 Å². The van der Waals surface area contributed by atoms with Crippen molar-refractivity contribution in [1.29, 1.82) is 0 Å². The molecule has 1 heterocycles. The van der Waals surface area contributed by atoms with Gasteiger partial charge in [-0.3, -0.25) is 9.59 Å². The molecule has 0 aliphatic heterocycles. The van der Waals surface area contributed by atoms with Crippen LogP contribution >= 0.6 is 0 Å². The lowest BCUT2D eigenvalue weighted by Crippen LogP contribution is -2.57. The number of amides is 2. The maximum absolute atomic E-state index is 12.9. The molecule has 9 nitrogen and oxygen atoms in total. The normalized spacial score (nSPS) is 15.5. The number of aliphatic carboxylic acids is 1. The van der Waals surface area contributed by atoms with Crippen molar-refractivity contribution >= 4 is 28.7 Å². The van der Waals surface area contributed by atoms with Gasteiger partial charge >= 0.3 is 5.97 Å². The Balaban J connectivity index is 2.28. The number of carboxylic acids is 1. The third-order valence-corrected chi connectivity index (χ3v) is 4.78. The summed E-state index contributed by atoms with van der Waals surface area (Å²) in [6.07, 6.45) is 0.760. The number of rotatable bonds is 9. The van der Waals surface area contributed by atoms with Crippen LogP contribution in [-0.4, -0.2) is 57.2 Å². The highest BCUT2D eigenvalue weighted by Crippen LogP contribution is 2.19. The number of aromatic amines is 1. The molecular weight excluding hydrogens is 376 g/mol. The molecule has 9 heteroatoms. The number of aliphatic hydroxyl groups excluding tert-OH is 1. The number of carboxylic acid groups (broad SMARTS) is 1. The minimum Gasteiger partial charge on any atom is -0.480 e. The van der Waals surface area contributed by atoms with Crippen LogP contribution in [0.25, 0.3) is 10.9 Å². The van der Waals surface area contributed by atoms with Crippen LogP contribution in [0.5, 0.6) is 0 Å². The van der Waals surface area contributed by atoms with Crippen molar-refractivity contribution in [2.45, 2.75) is 51.4 Å². The maximum atomic E-state index is 12.9. The van der Waals surface area contributed by atoms with E-state index < -0.39 is 42.0 Å². The van der Waals surface area contributed by atoms with Gasteiger partial charge in [0.25, 0.3) is 0 Å². The van der Waals surface area contributed by atoms with E-state index in [2.05, 4.69) is 15.6 Å². The average molecular weight is 404 g/mol. The third kappa shape index (κ3) is 5.55. The molecule has 1 aromatic heterocycles. The Morgan fingerprint density at radius 3 is 2.34 bits per heavy atom. The van der Waals surface area contributed by atoms with Crippen LogP contribution in [0.3, 0.4) is 0 Å². The second-order valence-electron chi connectivity index (χ2n) is 7.46. The Labute approximate surface area is 168 Å². The molecular formula is C20H28N4O5. The van der Waals surface area contributed by atoms with Gasteiger partial charge in [-0.25, -0.2) is 4.79 Å². The van der Waals surface area contributed by atoms with E-state index in [1.165, 1.54) is 6.92 Å². The first-order chi connectivity index (χ1) is 13.6. The van der Waals surface area contributed by atoms with E-state index >= 15 is 0 Å². The summed E-state index contributed by atoms with van der Waals surface area (Å²) in [5.74, 6) is -2.84. The van der Waals surface area contributed by atoms with Gasteiger partial charge in [0.15, 0.2) is 0 Å². The van der Waals surface area contributed by atoms with E-state index in [-0.39, 0.29) is 12.3 Å². The number of aromatic nitrogens is 1. The molecule has 0 saturated heterocycles. The number of fused-ring (bicyclic) bond motifs is 1. The average Bonchev–Trinajstić information content (AvgIpc) is 3.07. The molecule has 4 atom stereocenters. The molecule has 0 spiro atoms. The molecule has 0 aliphatic carbocycles. The largest absolute Gasteiger partial charge is 0.480 e. The Hall–Kier alpha value is -2.91. The maximum Gasteiger partial charge on any atom is 0.326 e. The summed E-state index contributed by atoms with van der Waals surface area (Å²) in [4.78, 5) is 39.7. The number of H-pyrrole nitrogens is 1. The zero-order chi connectivity index (χ0) is 21.7. The van der Waals surface area contributed by atoms with Crippen LogP contribution in [0.2, 0.25) is 0 Å². The highest BCUT2D eigenvalue weighted by Gasteiger charge is 2.31. The Morgan fingerprint density at radius 2 is 1.76 bits per heavy atom. The van der Waals surface area contributed by atoms with Gasteiger partial charge in [-0.05, 0) is 24.5 Å². The van der Waals surface area contributed by atoms with Gasteiger partial charge in [0.1, 0.15) is 18.1 Å². The van der Waals surface area contributed by atoms with Crippen molar-refractivity contribution in [3.63, 3.8) is 0 Å². The summed E-state index contributed by atoms with van der Waals surface area (Å²) >= 11 is 0. The minimum absolute atomic E-state index is 0.124. The second-order valence-corrected chi connectivity index (χ2v) is 7.46. The number of carbonyl (C=O) groups excluding carboxylic acids is 2. The van der Waals surface area contributed by atoms with E-state index in [1.54, 1.807) is 20.0 Å². The number of benzene rings is 1. The fourth-order valence-electron chi connectivity index (χ4n) is 2.98. The lowest BCUT2D eigenvalue weighted by Gasteiger charge is -2.24. The molecule has 2 amide bonds. The minimum atomic E-state index is -1.21. The van der Waals surface area contributed by atoms with E-state index in [4.69, 9.17) is 5.73 Å². The van der Waals surface area contributed by atoms with Crippen LogP contribution in [0, 0.1) is 5.92 Å². The first-order valence-corrected chi connectivity index (χ1v) is 9.44. The predicted molar refractivity (Wildman–Crippen MR) is 108 cm³/mol. The first kappa shape index (κ1) is 22.4. The van der Waals surface area contributed by atoms with Crippen LogP contribution in [-0.2, 0) is 20.8 Å². The first-order valence-electron chi connectivity index (χ1n) is 9.44. The van der Waals surface area contributed by atoms with Gasteiger partial charge in [-0.15, -0.1) is 0 Å². The molecule has 7 N–H and O–H groups in total. The fraction of sp³-hybridized carbons (Fsp3) is 0.450. The van der Waals surface area contributed by atoms with Gasteiger partial charge in [-0.1, -0.05) is 32.0 Å².